The van der Waals surface area contributed by atoms with Gasteiger partial charge in [0.25, 0.3) is 0 Å². The summed E-state index contributed by atoms with van der Waals surface area (Å²) in [5.41, 5.74) is 0.872. The van der Waals surface area contributed by atoms with E-state index in [2.05, 4.69) is 23.0 Å². The predicted molar refractivity (Wildman–Crippen MR) is 74.6 cm³/mol. The van der Waals surface area contributed by atoms with Crippen LogP contribution in [-0.4, -0.2) is 26.2 Å². The Bertz CT molecular complexity index is 315. The molecule has 0 N–H and O–H groups in total. The number of carbonyl (C=O) groups is 2. The molecule has 0 aromatic heterocycles. The molecule has 4 nitrogen and oxygen atoms in total. The van der Waals surface area contributed by atoms with E-state index in [1.807, 2.05) is 6.08 Å². The number of esters is 2. The fraction of sp³-hybridized carbons (Fsp3) is 0.600. The zero-order valence-corrected chi connectivity index (χ0v) is 12.1. The Morgan fingerprint density at radius 1 is 1.16 bits per heavy atom. The first kappa shape index (κ1) is 17.4. The van der Waals surface area contributed by atoms with Gasteiger partial charge in [-0.25, -0.2) is 0 Å². The molecule has 0 aliphatic rings. The molecule has 0 saturated heterocycles. The summed E-state index contributed by atoms with van der Waals surface area (Å²) in [6, 6.07) is 0. The second kappa shape index (κ2) is 10.4. The molecule has 4 heteroatoms. The van der Waals surface area contributed by atoms with E-state index < -0.39 is 17.9 Å². The highest BCUT2D eigenvalue weighted by atomic mass is 16.5. The van der Waals surface area contributed by atoms with Gasteiger partial charge in [0.1, 0.15) is 0 Å². The van der Waals surface area contributed by atoms with E-state index >= 15 is 0 Å². The van der Waals surface area contributed by atoms with Crippen molar-refractivity contribution in [1.29, 1.82) is 0 Å². The van der Waals surface area contributed by atoms with Gasteiger partial charge in [0.15, 0.2) is 5.92 Å². The summed E-state index contributed by atoms with van der Waals surface area (Å²) in [7, 11) is 2.52. The van der Waals surface area contributed by atoms with Crippen LogP contribution in [0.25, 0.3) is 0 Å². The monoisotopic (exact) mass is 268 g/mol. The van der Waals surface area contributed by atoms with Crippen LogP contribution >= 0.6 is 0 Å². The van der Waals surface area contributed by atoms with Gasteiger partial charge in [0, 0.05) is 0 Å². The Hall–Kier alpha value is -1.58. The second-order valence-electron chi connectivity index (χ2n) is 4.28. The molecule has 0 saturated carbocycles. The van der Waals surface area contributed by atoms with E-state index in [4.69, 9.17) is 0 Å². The van der Waals surface area contributed by atoms with E-state index in [-0.39, 0.29) is 6.42 Å². The quantitative estimate of drug-likeness (QED) is 0.279. The average molecular weight is 268 g/mol. The van der Waals surface area contributed by atoms with Gasteiger partial charge < -0.3 is 9.47 Å². The topological polar surface area (TPSA) is 52.6 Å². The highest BCUT2D eigenvalue weighted by molar-refractivity contribution is 5.95. The minimum Gasteiger partial charge on any atom is -0.468 e. The first-order valence-electron chi connectivity index (χ1n) is 6.57. The molecular formula is C15H24O4. The smallest absolute Gasteiger partial charge is 0.320 e. The van der Waals surface area contributed by atoms with Crippen LogP contribution in [0, 0.1) is 5.92 Å². The Labute approximate surface area is 115 Å². The fourth-order valence-electron chi connectivity index (χ4n) is 1.71. The molecule has 0 aliphatic carbocycles. The average Bonchev–Trinajstić information content (AvgIpc) is 2.45. The van der Waals surface area contributed by atoms with Gasteiger partial charge >= 0.3 is 11.9 Å². The van der Waals surface area contributed by atoms with Crippen LogP contribution in [0.2, 0.25) is 0 Å². The molecule has 0 heterocycles. The van der Waals surface area contributed by atoms with Crippen molar-refractivity contribution in [2.75, 3.05) is 14.2 Å². The van der Waals surface area contributed by atoms with Crippen molar-refractivity contribution in [3.63, 3.8) is 0 Å². The minimum absolute atomic E-state index is 0.273. The molecule has 0 bridgehead atoms. The number of hydrogen-bond donors (Lipinski definition) is 0. The van der Waals surface area contributed by atoms with Gasteiger partial charge in [-0.15, -0.1) is 0 Å². The van der Waals surface area contributed by atoms with Crippen LogP contribution in [0.3, 0.4) is 0 Å². The van der Waals surface area contributed by atoms with Gasteiger partial charge in [0.05, 0.1) is 14.2 Å². The number of hydrogen-bond acceptors (Lipinski definition) is 4. The van der Waals surface area contributed by atoms with Crippen molar-refractivity contribution < 1.29 is 19.1 Å². The van der Waals surface area contributed by atoms with Gasteiger partial charge in [-0.2, -0.15) is 0 Å². The van der Waals surface area contributed by atoms with Crippen molar-refractivity contribution in [2.45, 2.75) is 39.0 Å². The molecule has 0 spiro atoms. The lowest BCUT2D eigenvalue weighted by atomic mass is 9.98. The van der Waals surface area contributed by atoms with Gasteiger partial charge in [-0.05, 0) is 19.3 Å². The fourth-order valence-corrected chi connectivity index (χ4v) is 1.71. The Morgan fingerprint density at radius 3 is 2.16 bits per heavy atom. The minimum atomic E-state index is -0.912. The van der Waals surface area contributed by atoms with Crippen LogP contribution in [0.4, 0.5) is 0 Å². The number of methoxy groups -OCH3 is 2. The Kier molecular flexibility index (Phi) is 9.49. The van der Waals surface area contributed by atoms with Crippen molar-refractivity contribution >= 4 is 11.9 Å². The summed E-state index contributed by atoms with van der Waals surface area (Å²) in [5, 5.41) is 0. The third kappa shape index (κ3) is 6.79. The molecule has 0 radical (unpaired) electrons. The summed E-state index contributed by atoms with van der Waals surface area (Å²) < 4.78 is 9.24. The number of carbonyl (C=O) groups excluding carboxylic acids is 2. The SMILES string of the molecule is C=C/C(=C/CCCCC)CC(C(=O)OC)C(=O)OC. The van der Waals surface area contributed by atoms with Crippen molar-refractivity contribution in [3.05, 3.63) is 24.3 Å². The summed E-state index contributed by atoms with van der Waals surface area (Å²) >= 11 is 0. The highest BCUT2D eigenvalue weighted by Gasteiger charge is 2.28. The van der Waals surface area contributed by atoms with Crippen LogP contribution in [0.5, 0.6) is 0 Å². The number of rotatable bonds is 9. The lowest BCUT2D eigenvalue weighted by Gasteiger charge is -2.12. The normalized spacial score (nSPS) is 11.3. The molecule has 19 heavy (non-hydrogen) atoms. The molecule has 0 unspecified atom stereocenters. The van der Waals surface area contributed by atoms with Gasteiger partial charge in [-0.1, -0.05) is 44.1 Å². The molecule has 0 aromatic carbocycles. The number of unbranched alkanes of at least 4 members (excludes halogenated alkanes) is 3. The third-order valence-electron chi connectivity index (χ3n) is 2.89. The van der Waals surface area contributed by atoms with E-state index in [1.54, 1.807) is 6.08 Å². The molecule has 108 valence electrons. The molecule has 0 fully saturated rings. The standard InChI is InChI=1S/C15H24O4/c1-5-7-8-9-10-12(6-2)11-13(14(16)18-3)15(17)19-4/h6,10,13H,2,5,7-9,11H2,1,3-4H3/b12-10-. The van der Waals surface area contributed by atoms with Crippen LogP contribution < -0.4 is 0 Å². The van der Waals surface area contributed by atoms with Gasteiger partial charge in [0.2, 0.25) is 0 Å². The Morgan fingerprint density at radius 2 is 1.74 bits per heavy atom. The summed E-state index contributed by atoms with van der Waals surface area (Å²) in [6.07, 6.45) is 8.29. The predicted octanol–water partition coefficient (Wildman–Crippen LogP) is 3.03. The van der Waals surface area contributed by atoms with Crippen LogP contribution in [0.15, 0.2) is 24.3 Å². The lowest BCUT2D eigenvalue weighted by Crippen LogP contribution is -2.26. The molecule has 0 rings (SSSR count). The van der Waals surface area contributed by atoms with Crippen molar-refractivity contribution in [1.82, 2.24) is 0 Å². The highest BCUT2D eigenvalue weighted by Crippen LogP contribution is 2.17. The van der Waals surface area contributed by atoms with E-state index in [0.717, 1.165) is 24.8 Å². The number of ether oxygens (including phenoxy) is 2. The third-order valence-corrected chi connectivity index (χ3v) is 2.89. The number of allylic oxidation sites excluding steroid dienone is 3. The summed E-state index contributed by atoms with van der Waals surface area (Å²) in [6.45, 7) is 5.85. The van der Waals surface area contributed by atoms with Crippen LogP contribution in [-0.2, 0) is 19.1 Å². The van der Waals surface area contributed by atoms with E-state index in [0.29, 0.717) is 0 Å². The van der Waals surface area contributed by atoms with Crippen molar-refractivity contribution in [2.24, 2.45) is 5.92 Å². The van der Waals surface area contributed by atoms with Gasteiger partial charge in [-0.3, -0.25) is 9.59 Å². The maximum absolute atomic E-state index is 11.6. The maximum atomic E-state index is 11.6. The molecule has 0 aliphatic heterocycles. The van der Waals surface area contributed by atoms with E-state index in [1.165, 1.54) is 20.6 Å². The summed E-state index contributed by atoms with van der Waals surface area (Å²) in [5.74, 6) is -2.06. The second-order valence-corrected chi connectivity index (χ2v) is 4.28. The molecule has 0 amide bonds. The lowest BCUT2D eigenvalue weighted by molar-refractivity contribution is -0.158. The molecule has 0 atom stereocenters. The first-order valence-corrected chi connectivity index (χ1v) is 6.57. The Balaban J connectivity index is 4.64. The zero-order chi connectivity index (χ0) is 14.7. The molecular weight excluding hydrogens is 244 g/mol. The zero-order valence-electron chi connectivity index (χ0n) is 12.1. The van der Waals surface area contributed by atoms with Crippen LogP contribution in [0.1, 0.15) is 39.0 Å². The van der Waals surface area contributed by atoms with Crippen molar-refractivity contribution in [3.8, 4) is 0 Å². The summed E-state index contributed by atoms with van der Waals surface area (Å²) in [4.78, 5) is 23.1. The largest absolute Gasteiger partial charge is 0.468 e. The maximum Gasteiger partial charge on any atom is 0.320 e. The first-order chi connectivity index (χ1) is 9.10. The van der Waals surface area contributed by atoms with E-state index in [9.17, 15) is 9.59 Å². The molecule has 0 aromatic rings.